The van der Waals surface area contributed by atoms with Crippen molar-refractivity contribution in [1.29, 1.82) is 5.26 Å². The number of nitrogens with one attached hydrogen (secondary N) is 1. The van der Waals surface area contributed by atoms with Gasteiger partial charge in [-0.3, -0.25) is 9.78 Å². The lowest BCUT2D eigenvalue weighted by Crippen LogP contribution is -2.30. The Labute approximate surface area is 156 Å². The molecular formula is C20H16N4O3. The Morgan fingerprint density at radius 3 is 2.67 bits per heavy atom. The predicted molar refractivity (Wildman–Crippen MR) is 98.4 cm³/mol. The molecule has 27 heavy (non-hydrogen) atoms. The SMILES string of the molecule is CC(Oc1ccc(C#N)cc1)C(=O)Nc1cccc(Oc2cnccn2)c1. The smallest absolute Gasteiger partial charge is 0.265 e. The Morgan fingerprint density at radius 2 is 1.96 bits per heavy atom. The van der Waals surface area contributed by atoms with Gasteiger partial charge in [0.25, 0.3) is 5.91 Å². The lowest BCUT2D eigenvalue weighted by Gasteiger charge is -2.15. The van der Waals surface area contributed by atoms with E-state index in [0.717, 1.165) is 0 Å². The first-order valence-electron chi connectivity index (χ1n) is 8.15. The normalized spacial score (nSPS) is 11.1. The van der Waals surface area contributed by atoms with Crippen LogP contribution in [0.3, 0.4) is 0 Å². The minimum absolute atomic E-state index is 0.309. The number of carbonyl (C=O) groups is 1. The zero-order chi connectivity index (χ0) is 19.1. The molecule has 134 valence electrons. The number of nitrogens with zero attached hydrogens (tertiary/aromatic N) is 3. The molecule has 1 N–H and O–H groups in total. The summed E-state index contributed by atoms with van der Waals surface area (Å²) in [5, 5.41) is 11.6. The molecule has 0 saturated heterocycles. The third kappa shape index (κ3) is 5.03. The van der Waals surface area contributed by atoms with E-state index in [1.54, 1.807) is 61.7 Å². The minimum Gasteiger partial charge on any atom is -0.481 e. The van der Waals surface area contributed by atoms with Crippen LogP contribution in [-0.2, 0) is 4.79 Å². The minimum atomic E-state index is -0.720. The fraction of sp³-hybridized carbons (Fsp3) is 0.100. The van der Waals surface area contributed by atoms with Gasteiger partial charge in [-0.1, -0.05) is 6.07 Å². The fourth-order valence-corrected chi connectivity index (χ4v) is 2.21. The van der Waals surface area contributed by atoms with Gasteiger partial charge in [0.05, 0.1) is 17.8 Å². The van der Waals surface area contributed by atoms with Crippen molar-refractivity contribution in [2.45, 2.75) is 13.0 Å². The van der Waals surface area contributed by atoms with E-state index in [2.05, 4.69) is 15.3 Å². The average Bonchev–Trinajstić information content (AvgIpc) is 2.69. The molecule has 0 saturated carbocycles. The Kier molecular flexibility index (Phi) is 5.60. The van der Waals surface area contributed by atoms with E-state index in [1.807, 2.05) is 6.07 Å². The van der Waals surface area contributed by atoms with E-state index >= 15 is 0 Å². The van der Waals surface area contributed by atoms with Gasteiger partial charge in [0.15, 0.2) is 6.10 Å². The summed E-state index contributed by atoms with van der Waals surface area (Å²) in [6.45, 7) is 1.65. The summed E-state index contributed by atoms with van der Waals surface area (Å²) >= 11 is 0. The van der Waals surface area contributed by atoms with E-state index in [1.165, 1.54) is 12.4 Å². The summed E-state index contributed by atoms with van der Waals surface area (Å²) in [6.07, 6.45) is 3.86. The molecule has 0 fully saturated rings. The van der Waals surface area contributed by atoms with E-state index in [-0.39, 0.29) is 5.91 Å². The zero-order valence-corrected chi connectivity index (χ0v) is 14.5. The quantitative estimate of drug-likeness (QED) is 0.722. The molecule has 3 rings (SSSR count). The van der Waals surface area contributed by atoms with E-state index in [9.17, 15) is 4.79 Å². The maximum atomic E-state index is 12.4. The van der Waals surface area contributed by atoms with Gasteiger partial charge < -0.3 is 14.8 Å². The van der Waals surface area contributed by atoms with Crippen LogP contribution in [0, 0.1) is 11.3 Å². The van der Waals surface area contributed by atoms with E-state index in [0.29, 0.717) is 28.6 Å². The fourth-order valence-electron chi connectivity index (χ4n) is 2.21. The first-order valence-corrected chi connectivity index (χ1v) is 8.15. The largest absolute Gasteiger partial charge is 0.481 e. The second kappa shape index (κ2) is 8.45. The van der Waals surface area contributed by atoms with Crippen molar-refractivity contribution in [3.63, 3.8) is 0 Å². The van der Waals surface area contributed by atoms with Crippen molar-refractivity contribution in [1.82, 2.24) is 9.97 Å². The van der Waals surface area contributed by atoms with Crippen LogP contribution in [-0.4, -0.2) is 22.0 Å². The standard InChI is InChI=1S/C20H16N4O3/c1-14(26-17-7-5-15(12-21)6-8-17)20(25)24-16-3-2-4-18(11-16)27-19-13-22-9-10-23-19/h2-11,13-14H,1H3,(H,24,25). The van der Waals surface area contributed by atoms with Crippen LogP contribution >= 0.6 is 0 Å². The Morgan fingerprint density at radius 1 is 1.15 bits per heavy atom. The van der Waals surface area contributed by atoms with Crippen molar-refractivity contribution in [2.75, 3.05) is 5.32 Å². The molecule has 0 radical (unpaired) electrons. The van der Waals surface area contributed by atoms with Gasteiger partial charge in [-0.2, -0.15) is 5.26 Å². The molecule has 0 spiro atoms. The molecular weight excluding hydrogens is 344 g/mol. The molecule has 0 bridgehead atoms. The summed E-state index contributed by atoms with van der Waals surface area (Å²) in [5.74, 6) is 1.08. The monoisotopic (exact) mass is 360 g/mol. The van der Waals surface area contributed by atoms with Crippen LogP contribution in [0.1, 0.15) is 12.5 Å². The summed E-state index contributed by atoms with van der Waals surface area (Å²) in [7, 11) is 0. The third-order valence-corrected chi connectivity index (χ3v) is 3.53. The highest BCUT2D eigenvalue weighted by Gasteiger charge is 2.15. The molecule has 0 aliphatic rings. The summed E-state index contributed by atoms with van der Waals surface area (Å²) in [6, 6.07) is 15.5. The van der Waals surface area contributed by atoms with Crippen molar-refractivity contribution < 1.29 is 14.3 Å². The molecule has 0 aliphatic heterocycles. The van der Waals surface area contributed by atoms with Gasteiger partial charge >= 0.3 is 0 Å². The van der Waals surface area contributed by atoms with Crippen molar-refractivity contribution in [2.24, 2.45) is 0 Å². The van der Waals surface area contributed by atoms with Crippen LogP contribution < -0.4 is 14.8 Å². The van der Waals surface area contributed by atoms with Gasteiger partial charge in [-0.15, -0.1) is 0 Å². The predicted octanol–water partition coefficient (Wildman–Crippen LogP) is 3.55. The van der Waals surface area contributed by atoms with Crippen molar-refractivity contribution >= 4 is 11.6 Å². The molecule has 7 heteroatoms. The number of amides is 1. The van der Waals surface area contributed by atoms with E-state index in [4.69, 9.17) is 14.7 Å². The van der Waals surface area contributed by atoms with Crippen molar-refractivity contribution in [3.05, 3.63) is 72.7 Å². The molecule has 1 heterocycles. The molecule has 1 aromatic heterocycles. The van der Waals surface area contributed by atoms with Crippen LogP contribution in [0.2, 0.25) is 0 Å². The number of nitriles is 1. The number of rotatable bonds is 6. The first-order chi connectivity index (χ1) is 13.1. The second-order valence-electron chi connectivity index (χ2n) is 5.56. The second-order valence-corrected chi connectivity index (χ2v) is 5.56. The number of carbonyl (C=O) groups excluding carboxylic acids is 1. The van der Waals surface area contributed by atoms with Crippen LogP contribution in [0.4, 0.5) is 5.69 Å². The average molecular weight is 360 g/mol. The molecule has 1 unspecified atom stereocenters. The number of ether oxygens (including phenoxy) is 2. The summed E-state index contributed by atoms with van der Waals surface area (Å²) in [4.78, 5) is 20.3. The molecule has 0 aliphatic carbocycles. The Hall–Kier alpha value is -3.92. The van der Waals surface area contributed by atoms with Gasteiger partial charge in [0, 0.05) is 24.1 Å². The van der Waals surface area contributed by atoms with Crippen LogP contribution in [0.5, 0.6) is 17.4 Å². The maximum absolute atomic E-state index is 12.4. The number of anilines is 1. The highest BCUT2D eigenvalue weighted by atomic mass is 16.5. The van der Waals surface area contributed by atoms with Gasteiger partial charge in [0.1, 0.15) is 11.5 Å². The Bertz CT molecular complexity index is 953. The van der Waals surface area contributed by atoms with Gasteiger partial charge in [-0.05, 0) is 43.3 Å². The number of aromatic nitrogens is 2. The van der Waals surface area contributed by atoms with Crippen molar-refractivity contribution in [3.8, 4) is 23.4 Å². The van der Waals surface area contributed by atoms with E-state index < -0.39 is 6.10 Å². The lowest BCUT2D eigenvalue weighted by molar-refractivity contribution is -0.122. The zero-order valence-electron chi connectivity index (χ0n) is 14.5. The Balaban J connectivity index is 1.61. The van der Waals surface area contributed by atoms with Gasteiger partial charge in [-0.25, -0.2) is 4.98 Å². The topological polar surface area (TPSA) is 97.1 Å². The van der Waals surface area contributed by atoms with Crippen LogP contribution in [0.25, 0.3) is 0 Å². The molecule has 1 amide bonds. The first kappa shape index (κ1) is 17.9. The van der Waals surface area contributed by atoms with Crippen LogP contribution in [0.15, 0.2) is 67.1 Å². The summed E-state index contributed by atoms with van der Waals surface area (Å²) < 4.78 is 11.2. The van der Waals surface area contributed by atoms with Gasteiger partial charge in [0.2, 0.25) is 5.88 Å². The number of hydrogen-bond donors (Lipinski definition) is 1. The summed E-state index contributed by atoms with van der Waals surface area (Å²) in [5.41, 5.74) is 1.09. The lowest BCUT2D eigenvalue weighted by atomic mass is 10.2. The number of benzene rings is 2. The number of hydrogen-bond acceptors (Lipinski definition) is 6. The molecule has 1 atom stereocenters. The molecule has 3 aromatic rings. The molecule has 2 aromatic carbocycles. The highest BCUT2D eigenvalue weighted by Crippen LogP contribution is 2.22. The third-order valence-electron chi connectivity index (χ3n) is 3.53. The maximum Gasteiger partial charge on any atom is 0.265 e. The highest BCUT2D eigenvalue weighted by molar-refractivity contribution is 5.94. The molecule has 7 nitrogen and oxygen atoms in total.